The first-order valence-electron chi connectivity index (χ1n) is 6.14. The zero-order chi connectivity index (χ0) is 11.4. The predicted octanol–water partition coefficient (Wildman–Crippen LogP) is 2.03. The highest BCUT2D eigenvalue weighted by Gasteiger charge is 2.18. The van der Waals surface area contributed by atoms with Crippen LogP contribution in [0.15, 0.2) is 5.38 Å². The number of rotatable bonds is 4. The molecular weight excluding hydrogens is 218 g/mol. The third kappa shape index (κ3) is 3.27. The molecular formula is C12H21N3S. The molecule has 0 aliphatic carbocycles. The molecule has 3 nitrogen and oxygen atoms in total. The summed E-state index contributed by atoms with van der Waals surface area (Å²) in [6, 6.07) is 0.735. The second-order valence-electron chi connectivity index (χ2n) is 4.49. The van der Waals surface area contributed by atoms with Gasteiger partial charge in [0.05, 0.1) is 6.54 Å². The van der Waals surface area contributed by atoms with Crippen LogP contribution in [0, 0.1) is 6.92 Å². The van der Waals surface area contributed by atoms with Gasteiger partial charge in [-0.2, -0.15) is 0 Å². The highest BCUT2D eigenvalue weighted by atomic mass is 32.1. The highest BCUT2D eigenvalue weighted by molar-refractivity contribution is 7.09. The Morgan fingerprint density at radius 2 is 2.25 bits per heavy atom. The smallest absolute Gasteiger partial charge is 0.107 e. The van der Waals surface area contributed by atoms with Gasteiger partial charge in [-0.15, -0.1) is 11.3 Å². The van der Waals surface area contributed by atoms with Crippen LogP contribution in [0.2, 0.25) is 0 Å². The van der Waals surface area contributed by atoms with Crippen LogP contribution in [0.4, 0.5) is 0 Å². The second-order valence-corrected chi connectivity index (χ2v) is 5.43. The Kier molecular flexibility index (Phi) is 4.32. The van der Waals surface area contributed by atoms with Crippen LogP contribution in [0.5, 0.6) is 0 Å². The average molecular weight is 239 g/mol. The summed E-state index contributed by atoms with van der Waals surface area (Å²) < 4.78 is 0. The molecule has 1 fully saturated rings. The molecule has 0 radical (unpaired) electrons. The number of nitrogens with zero attached hydrogens (tertiary/aromatic N) is 2. The SMILES string of the molecule is CCNC1CCN(Cc2nc(C)cs2)CC1. The van der Waals surface area contributed by atoms with E-state index in [1.807, 2.05) is 0 Å². The summed E-state index contributed by atoms with van der Waals surface area (Å²) in [7, 11) is 0. The Morgan fingerprint density at radius 3 is 2.81 bits per heavy atom. The van der Waals surface area contributed by atoms with Gasteiger partial charge in [-0.3, -0.25) is 4.90 Å². The van der Waals surface area contributed by atoms with E-state index in [1.165, 1.54) is 30.9 Å². The van der Waals surface area contributed by atoms with E-state index in [2.05, 4.69) is 34.4 Å². The Bertz CT molecular complexity index is 316. The maximum absolute atomic E-state index is 4.52. The first-order valence-corrected chi connectivity index (χ1v) is 7.02. The molecule has 2 heterocycles. The van der Waals surface area contributed by atoms with Crippen LogP contribution < -0.4 is 5.32 Å². The van der Waals surface area contributed by atoms with Crippen molar-refractivity contribution in [1.29, 1.82) is 0 Å². The monoisotopic (exact) mass is 239 g/mol. The third-order valence-electron chi connectivity index (χ3n) is 3.11. The quantitative estimate of drug-likeness (QED) is 0.871. The van der Waals surface area contributed by atoms with Crippen molar-refractivity contribution in [2.45, 2.75) is 39.3 Å². The largest absolute Gasteiger partial charge is 0.314 e. The third-order valence-corrected chi connectivity index (χ3v) is 4.06. The van der Waals surface area contributed by atoms with Crippen molar-refractivity contribution in [3.8, 4) is 0 Å². The molecule has 1 aliphatic heterocycles. The summed E-state index contributed by atoms with van der Waals surface area (Å²) in [5.41, 5.74) is 1.16. The number of thiazole rings is 1. The fourth-order valence-electron chi connectivity index (χ4n) is 2.25. The van der Waals surface area contributed by atoms with Crippen molar-refractivity contribution in [3.05, 3.63) is 16.1 Å². The van der Waals surface area contributed by atoms with Crippen LogP contribution in [0.25, 0.3) is 0 Å². The van der Waals surface area contributed by atoms with E-state index in [9.17, 15) is 0 Å². The summed E-state index contributed by atoms with van der Waals surface area (Å²) in [5.74, 6) is 0. The van der Waals surface area contributed by atoms with Gasteiger partial charge < -0.3 is 5.32 Å². The zero-order valence-corrected chi connectivity index (χ0v) is 11.0. The Balaban J connectivity index is 1.77. The molecule has 0 saturated carbocycles. The van der Waals surface area contributed by atoms with Crippen molar-refractivity contribution in [2.75, 3.05) is 19.6 Å². The molecule has 1 aromatic rings. The molecule has 0 atom stereocenters. The van der Waals surface area contributed by atoms with E-state index in [0.29, 0.717) is 0 Å². The van der Waals surface area contributed by atoms with Gasteiger partial charge in [0.1, 0.15) is 5.01 Å². The van der Waals surface area contributed by atoms with Gasteiger partial charge in [0, 0.05) is 30.2 Å². The van der Waals surface area contributed by atoms with Gasteiger partial charge in [-0.1, -0.05) is 6.92 Å². The fourth-order valence-corrected chi connectivity index (χ4v) is 3.06. The number of piperidine rings is 1. The average Bonchev–Trinajstić information content (AvgIpc) is 2.67. The normalized spacial score (nSPS) is 19.1. The fraction of sp³-hybridized carbons (Fsp3) is 0.750. The van der Waals surface area contributed by atoms with Gasteiger partial charge in [0.25, 0.3) is 0 Å². The van der Waals surface area contributed by atoms with Crippen molar-refractivity contribution >= 4 is 11.3 Å². The molecule has 0 aromatic carbocycles. The van der Waals surface area contributed by atoms with Crippen molar-refractivity contribution in [2.24, 2.45) is 0 Å². The van der Waals surface area contributed by atoms with E-state index in [0.717, 1.165) is 24.8 Å². The molecule has 0 amide bonds. The molecule has 16 heavy (non-hydrogen) atoms. The minimum atomic E-state index is 0.735. The Labute approximate surface area is 102 Å². The lowest BCUT2D eigenvalue weighted by molar-refractivity contribution is 0.191. The van der Waals surface area contributed by atoms with E-state index in [4.69, 9.17) is 0 Å². The van der Waals surface area contributed by atoms with Gasteiger partial charge in [-0.25, -0.2) is 4.98 Å². The minimum Gasteiger partial charge on any atom is -0.314 e. The zero-order valence-electron chi connectivity index (χ0n) is 10.2. The van der Waals surface area contributed by atoms with Gasteiger partial charge in [-0.05, 0) is 26.3 Å². The van der Waals surface area contributed by atoms with E-state index in [-0.39, 0.29) is 0 Å². The van der Waals surface area contributed by atoms with Crippen molar-refractivity contribution in [3.63, 3.8) is 0 Å². The van der Waals surface area contributed by atoms with Gasteiger partial charge >= 0.3 is 0 Å². The van der Waals surface area contributed by atoms with Crippen LogP contribution in [0.3, 0.4) is 0 Å². The maximum Gasteiger partial charge on any atom is 0.107 e. The molecule has 1 aliphatic rings. The number of aryl methyl sites for hydroxylation is 1. The van der Waals surface area contributed by atoms with E-state index >= 15 is 0 Å². The van der Waals surface area contributed by atoms with Crippen LogP contribution in [-0.4, -0.2) is 35.6 Å². The van der Waals surface area contributed by atoms with Crippen molar-refractivity contribution in [1.82, 2.24) is 15.2 Å². The summed E-state index contributed by atoms with van der Waals surface area (Å²) >= 11 is 1.79. The molecule has 0 spiro atoms. The molecule has 0 bridgehead atoms. The summed E-state index contributed by atoms with van der Waals surface area (Å²) in [5, 5.41) is 6.94. The Hall–Kier alpha value is -0.450. The van der Waals surface area contributed by atoms with Gasteiger partial charge in [0.2, 0.25) is 0 Å². The number of hydrogen-bond acceptors (Lipinski definition) is 4. The summed E-state index contributed by atoms with van der Waals surface area (Å²) in [6.07, 6.45) is 2.55. The van der Waals surface area contributed by atoms with Crippen LogP contribution in [0.1, 0.15) is 30.5 Å². The number of likely N-dealkylation sites (tertiary alicyclic amines) is 1. The number of aromatic nitrogens is 1. The molecule has 2 rings (SSSR count). The highest BCUT2D eigenvalue weighted by Crippen LogP contribution is 2.16. The lowest BCUT2D eigenvalue weighted by Crippen LogP contribution is -2.42. The summed E-state index contributed by atoms with van der Waals surface area (Å²) in [4.78, 5) is 7.04. The lowest BCUT2D eigenvalue weighted by Gasteiger charge is -2.31. The van der Waals surface area contributed by atoms with Crippen molar-refractivity contribution < 1.29 is 0 Å². The van der Waals surface area contributed by atoms with Crippen LogP contribution >= 0.6 is 11.3 Å². The first-order chi connectivity index (χ1) is 7.78. The Morgan fingerprint density at radius 1 is 1.50 bits per heavy atom. The molecule has 1 aromatic heterocycles. The van der Waals surface area contributed by atoms with Gasteiger partial charge in [0.15, 0.2) is 0 Å². The lowest BCUT2D eigenvalue weighted by atomic mass is 10.1. The summed E-state index contributed by atoms with van der Waals surface area (Å²) in [6.45, 7) is 8.79. The molecule has 1 N–H and O–H groups in total. The maximum atomic E-state index is 4.52. The standard InChI is InChI=1S/C12H21N3S/c1-3-13-11-4-6-15(7-5-11)8-12-14-10(2)9-16-12/h9,11,13H,3-8H2,1-2H3. The second kappa shape index (κ2) is 5.75. The minimum absolute atomic E-state index is 0.735. The molecule has 0 unspecified atom stereocenters. The van der Waals surface area contributed by atoms with E-state index < -0.39 is 0 Å². The topological polar surface area (TPSA) is 28.2 Å². The number of hydrogen-bond donors (Lipinski definition) is 1. The van der Waals surface area contributed by atoms with Crippen LogP contribution in [-0.2, 0) is 6.54 Å². The first kappa shape index (κ1) is 12.0. The molecule has 90 valence electrons. The van der Waals surface area contributed by atoms with E-state index in [1.54, 1.807) is 11.3 Å². The molecule has 4 heteroatoms. The number of nitrogens with one attached hydrogen (secondary N) is 1. The molecule has 1 saturated heterocycles. The predicted molar refractivity (Wildman–Crippen MR) is 68.8 cm³/mol.